The molecule has 7 nitrogen and oxygen atoms in total. The van der Waals surface area contributed by atoms with Gasteiger partial charge in [0.1, 0.15) is 0 Å². The maximum Gasteiger partial charge on any atom is 0.261 e. The van der Waals surface area contributed by atoms with Gasteiger partial charge in [0, 0.05) is 13.0 Å². The second-order valence-electron chi connectivity index (χ2n) is 4.28. The van der Waals surface area contributed by atoms with E-state index in [1.807, 2.05) is 0 Å². The largest absolute Gasteiger partial charge is 0.367 e. The van der Waals surface area contributed by atoms with Crippen LogP contribution in [-0.4, -0.2) is 35.4 Å². The van der Waals surface area contributed by atoms with Crippen LogP contribution >= 0.6 is 0 Å². The van der Waals surface area contributed by atoms with Crippen LogP contribution in [0.3, 0.4) is 0 Å². The highest BCUT2D eigenvalue weighted by Gasteiger charge is 2.35. The number of nitrogens with zero attached hydrogens (tertiary/aromatic N) is 4. The van der Waals surface area contributed by atoms with Gasteiger partial charge in [-0.1, -0.05) is 12.1 Å². The lowest BCUT2D eigenvalue weighted by Gasteiger charge is -2.13. The lowest BCUT2D eigenvalue weighted by atomic mass is 10.1. The quantitative estimate of drug-likeness (QED) is 0.809. The Bertz CT molecular complexity index is 587. The van der Waals surface area contributed by atoms with Gasteiger partial charge in [0.15, 0.2) is 6.17 Å². The fourth-order valence-corrected chi connectivity index (χ4v) is 2.14. The molecule has 2 heterocycles. The Morgan fingerprint density at radius 1 is 1.16 bits per heavy atom. The van der Waals surface area contributed by atoms with Crippen molar-refractivity contribution in [1.82, 2.24) is 4.90 Å². The van der Waals surface area contributed by atoms with E-state index in [0.717, 1.165) is 0 Å². The highest BCUT2D eigenvalue weighted by Crippen LogP contribution is 2.23. The van der Waals surface area contributed by atoms with Crippen LogP contribution in [0.5, 0.6) is 0 Å². The number of benzene rings is 1. The van der Waals surface area contributed by atoms with Crippen LogP contribution in [0.25, 0.3) is 0 Å². The van der Waals surface area contributed by atoms with E-state index in [1.54, 1.807) is 24.3 Å². The zero-order valence-corrected chi connectivity index (χ0v) is 9.98. The second kappa shape index (κ2) is 4.27. The molecular formula is C12H11N5O2. The molecular weight excluding hydrogens is 246 g/mol. The van der Waals surface area contributed by atoms with Crippen molar-refractivity contribution in [2.75, 3.05) is 6.54 Å². The van der Waals surface area contributed by atoms with E-state index in [9.17, 15) is 9.59 Å². The molecule has 2 aliphatic heterocycles. The maximum absolute atomic E-state index is 12.1. The van der Waals surface area contributed by atoms with Crippen LogP contribution in [0.1, 0.15) is 27.1 Å². The lowest BCUT2D eigenvalue weighted by molar-refractivity contribution is 0.0650. The minimum absolute atomic E-state index is 0.132. The predicted molar refractivity (Wildman–Crippen MR) is 66.7 cm³/mol. The Labute approximate surface area is 108 Å². The van der Waals surface area contributed by atoms with Crippen LogP contribution in [0, 0.1) is 0 Å². The summed E-state index contributed by atoms with van der Waals surface area (Å²) in [6.45, 7) is 0.257. The Balaban J connectivity index is 1.73. The minimum atomic E-state index is -0.399. The van der Waals surface area contributed by atoms with Gasteiger partial charge < -0.3 is 5.73 Å². The van der Waals surface area contributed by atoms with Crippen molar-refractivity contribution in [1.29, 1.82) is 0 Å². The number of hydrogen-bond donors (Lipinski definition) is 1. The van der Waals surface area contributed by atoms with Gasteiger partial charge in [0.05, 0.1) is 11.1 Å². The van der Waals surface area contributed by atoms with E-state index in [-0.39, 0.29) is 24.3 Å². The third-order valence-corrected chi connectivity index (χ3v) is 3.06. The number of guanidine groups is 1. The zero-order valence-electron chi connectivity index (χ0n) is 9.98. The smallest absolute Gasteiger partial charge is 0.261 e. The van der Waals surface area contributed by atoms with Crippen molar-refractivity contribution in [3.8, 4) is 0 Å². The van der Waals surface area contributed by atoms with Gasteiger partial charge in [-0.2, -0.15) is 5.11 Å². The first kappa shape index (κ1) is 11.5. The third kappa shape index (κ3) is 1.88. The van der Waals surface area contributed by atoms with Crippen LogP contribution in [0.2, 0.25) is 0 Å². The van der Waals surface area contributed by atoms with Crippen LogP contribution in [-0.2, 0) is 0 Å². The van der Waals surface area contributed by atoms with Gasteiger partial charge in [-0.05, 0) is 12.1 Å². The Hall–Kier alpha value is -2.57. The topological polar surface area (TPSA) is 100 Å². The number of carbonyl (C=O) groups excluding carboxylic acids is 2. The Morgan fingerprint density at radius 2 is 1.79 bits per heavy atom. The number of imide groups is 1. The second-order valence-corrected chi connectivity index (χ2v) is 4.28. The summed E-state index contributed by atoms with van der Waals surface area (Å²) in [5.41, 5.74) is 6.27. The van der Waals surface area contributed by atoms with E-state index in [0.29, 0.717) is 17.5 Å². The normalized spacial score (nSPS) is 20.9. The highest BCUT2D eigenvalue weighted by atomic mass is 16.2. The molecule has 2 N–H and O–H groups in total. The molecule has 0 bridgehead atoms. The number of azo groups is 1. The van der Waals surface area contributed by atoms with Crippen molar-refractivity contribution in [2.45, 2.75) is 12.6 Å². The Morgan fingerprint density at radius 3 is 2.32 bits per heavy atom. The standard InChI is InChI=1S/C12H11N5O2/c13-12-14-9(15-16-12)5-6-17-10(18)7-3-1-2-4-8(7)11(17)19/h1-4,9H,5-6H2,(H2,13,14)/t9-/m0/s1. The molecule has 0 saturated heterocycles. The molecule has 19 heavy (non-hydrogen) atoms. The molecule has 0 unspecified atom stereocenters. The van der Waals surface area contributed by atoms with E-state index in [2.05, 4.69) is 15.2 Å². The van der Waals surface area contributed by atoms with Gasteiger partial charge >= 0.3 is 0 Å². The third-order valence-electron chi connectivity index (χ3n) is 3.06. The predicted octanol–water partition coefficient (Wildman–Crippen LogP) is 0.779. The first-order valence-electron chi connectivity index (χ1n) is 5.86. The van der Waals surface area contributed by atoms with Crippen molar-refractivity contribution in [2.24, 2.45) is 21.0 Å². The fourth-order valence-electron chi connectivity index (χ4n) is 2.14. The lowest BCUT2D eigenvalue weighted by Crippen LogP contribution is -2.32. The summed E-state index contributed by atoms with van der Waals surface area (Å²) in [7, 11) is 0. The van der Waals surface area contributed by atoms with E-state index in [4.69, 9.17) is 5.73 Å². The summed E-state index contributed by atoms with van der Waals surface area (Å²) in [5.74, 6) is -0.410. The molecule has 0 saturated carbocycles. The summed E-state index contributed by atoms with van der Waals surface area (Å²) < 4.78 is 0. The summed E-state index contributed by atoms with van der Waals surface area (Å²) >= 11 is 0. The summed E-state index contributed by atoms with van der Waals surface area (Å²) in [6, 6.07) is 6.79. The molecule has 1 atom stereocenters. The Kier molecular flexibility index (Phi) is 2.59. The summed E-state index contributed by atoms with van der Waals surface area (Å²) in [5, 5.41) is 7.43. The van der Waals surface area contributed by atoms with Gasteiger partial charge in [-0.3, -0.25) is 14.5 Å². The van der Waals surface area contributed by atoms with Crippen molar-refractivity contribution >= 4 is 17.8 Å². The molecule has 96 valence electrons. The molecule has 7 heteroatoms. The van der Waals surface area contributed by atoms with E-state index < -0.39 is 6.17 Å². The summed E-state index contributed by atoms with van der Waals surface area (Å²) in [6.07, 6.45) is 0.0275. The molecule has 1 aromatic carbocycles. The van der Waals surface area contributed by atoms with E-state index >= 15 is 0 Å². The molecule has 1 aromatic rings. The maximum atomic E-state index is 12.1. The average Bonchev–Trinajstić information content (AvgIpc) is 2.93. The van der Waals surface area contributed by atoms with Gasteiger partial charge in [-0.25, -0.2) is 4.99 Å². The SMILES string of the molecule is NC1=N[C@H](CCN2C(=O)c3ccccc3C2=O)N=N1. The van der Waals surface area contributed by atoms with Gasteiger partial charge in [0.25, 0.3) is 11.8 Å². The number of fused-ring (bicyclic) bond motifs is 1. The van der Waals surface area contributed by atoms with Crippen LogP contribution in [0.15, 0.2) is 39.5 Å². The molecule has 0 spiro atoms. The number of amides is 2. The van der Waals surface area contributed by atoms with Crippen molar-refractivity contribution < 1.29 is 9.59 Å². The summed E-state index contributed by atoms with van der Waals surface area (Å²) in [4.78, 5) is 29.3. The molecule has 2 aliphatic rings. The molecule has 0 aromatic heterocycles. The van der Waals surface area contributed by atoms with Gasteiger partial charge in [-0.15, -0.1) is 5.11 Å². The molecule has 3 rings (SSSR count). The molecule has 0 fully saturated rings. The molecule has 0 radical (unpaired) electrons. The highest BCUT2D eigenvalue weighted by molar-refractivity contribution is 6.21. The first-order chi connectivity index (χ1) is 9.16. The zero-order chi connectivity index (χ0) is 13.4. The molecule has 2 amide bonds. The number of carbonyl (C=O) groups is 2. The van der Waals surface area contributed by atoms with E-state index in [1.165, 1.54) is 4.90 Å². The molecule has 0 aliphatic carbocycles. The van der Waals surface area contributed by atoms with Crippen LogP contribution < -0.4 is 5.73 Å². The first-order valence-corrected chi connectivity index (χ1v) is 5.86. The average molecular weight is 257 g/mol. The van der Waals surface area contributed by atoms with Crippen molar-refractivity contribution in [3.63, 3.8) is 0 Å². The number of nitrogens with two attached hydrogens (primary N) is 1. The fraction of sp³-hybridized carbons (Fsp3) is 0.250. The van der Waals surface area contributed by atoms with Crippen LogP contribution in [0.4, 0.5) is 0 Å². The monoisotopic (exact) mass is 257 g/mol. The number of aliphatic imine (C=N–C) groups is 1. The van der Waals surface area contributed by atoms with Gasteiger partial charge in [0.2, 0.25) is 5.96 Å². The number of hydrogen-bond acceptors (Lipinski definition) is 6. The van der Waals surface area contributed by atoms with Crippen molar-refractivity contribution in [3.05, 3.63) is 35.4 Å². The number of rotatable bonds is 3. The minimum Gasteiger partial charge on any atom is -0.367 e.